The Hall–Kier alpha value is 1.81. The van der Waals surface area contributed by atoms with Crippen LogP contribution in [0, 0.1) is 0 Å². The Balaban J connectivity index is -0.000000639. The summed E-state index contributed by atoms with van der Waals surface area (Å²) in [5, 5.41) is 0. The number of hydrogen-bond acceptors (Lipinski definition) is 9. The summed E-state index contributed by atoms with van der Waals surface area (Å²) in [6.07, 6.45) is 0. The Kier molecular flexibility index (Phi) is 21.2. The molecule has 288 valence electrons. The molecule has 2 atom stereocenters. The summed E-state index contributed by atoms with van der Waals surface area (Å²) in [5.74, 6) is 0. The third-order valence-electron chi connectivity index (χ3n) is 6.87. The van der Waals surface area contributed by atoms with E-state index >= 15 is 0 Å². The second-order valence-corrected chi connectivity index (χ2v) is 55.6. The lowest BCUT2D eigenvalue weighted by atomic mass is 11.0. The minimum absolute atomic E-state index is 0. The molecule has 9 nitrogen and oxygen atoms in total. The van der Waals surface area contributed by atoms with E-state index in [2.05, 4.69) is 146 Å². The molecule has 0 spiro atoms. The minimum Gasteiger partial charge on any atom is -0.456 e. The van der Waals surface area contributed by atoms with Gasteiger partial charge in [0.2, 0.25) is 0 Å². The van der Waals surface area contributed by atoms with Crippen molar-refractivity contribution < 1.29 is 37.0 Å². The van der Waals surface area contributed by atoms with Gasteiger partial charge in [0.1, 0.15) is 0 Å². The van der Waals surface area contributed by atoms with E-state index < -0.39 is 85.1 Å². The fourth-order valence-electron chi connectivity index (χ4n) is 5.83. The molecule has 0 aromatic rings. The quantitative estimate of drug-likeness (QED) is 0.243. The van der Waals surface area contributed by atoms with Gasteiger partial charge >= 0.3 is 68.5 Å². The van der Waals surface area contributed by atoms with Crippen LogP contribution < -0.4 is 0 Å². The molecule has 0 bridgehead atoms. The normalized spacial score (nSPS) is 33.3. The Morgan fingerprint density at radius 2 is 0.511 bits per heavy atom. The Bertz CT molecular complexity index is 843. The summed E-state index contributed by atoms with van der Waals surface area (Å²) >= 11 is 0. The molecule has 0 aliphatic carbocycles. The van der Waals surface area contributed by atoms with Gasteiger partial charge in [0, 0.05) is 0 Å². The van der Waals surface area contributed by atoms with Crippen LogP contribution in [-0.4, -0.2) is 85.1 Å². The first-order chi connectivity index (χ1) is 19.6. The largest absolute Gasteiger partial charge is 0.456 e. The van der Waals surface area contributed by atoms with Crippen molar-refractivity contribution in [2.45, 2.75) is 185 Å². The molecule has 0 aromatic carbocycles. The smallest absolute Gasteiger partial charge is 0.317 e. The lowest BCUT2D eigenvalue weighted by Crippen LogP contribution is -2.65. The van der Waals surface area contributed by atoms with E-state index in [1.165, 1.54) is 0 Å². The van der Waals surface area contributed by atoms with Crippen LogP contribution in [0.3, 0.4) is 0 Å². The highest BCUT2D eigenvalue weighted by atomic mass is 28.5. The van der Waals surface area contributed by atoms with Crippen LogP contribution in [0.15, 0.2) is 0 Å². The van der Waals surface area contributed by atoms with Crippen LogP contribution in [0.25, 0.3) is 0 Å². The van der Waals surface area contributed by atoms with Gasteiger partial charge in [-0.15, -0.1) is 0 Å². The summed E-state index contributed by atoms with van der Waals surface area (Å²) in [5.41, 5.74) is 0. The zero-order valence-corrected chi connectivity index (χ0v) is 43.5. The van der Waals surface area contributed by atoms with Crippen molar-refractivity contribution in [1.82, 2.24) is 0 Å². The fraction of sp³-hybridized carbons (Fsp3) is 1.00. The second kappa shape index (κ2) is 18.7. The predicted molar refractivity (Wildman–Crippen MR) is 228 cm³/mol. The summed E-state index contributed by atoms with van der Waals surface area (Å²) in [4.78, 5) is 0. The maximum Gasteiger partial charge on any atom is 0.317 e. The molecule has 2 aliphatic rings. The van der Waals surface area contributed by atoms with Crippen LogP contribution >= 0.6 is 0 Å². The first-order valence-corrected chi connectivity index (χ1v) is 45.1. The first kappa shape index (κ1) is 53.2. The van der Waals surface area contributed by atoms with Crippen LogP contribution in [0.5, 0.6) is 0 Å². The van der Waals surface area contributed by atoms with Gasteiger partial charge in [0.05, 0.1) is 0 Å². The average molecular weight is 844 g/mol. The highest BCUT2D eigenvalue weighted by Gasteiger charge is 2.54. The third-order valence-corrected chi connectivity index (χ3v) is 46.5. The predicted octanol–water partition coefficient (Wildman–Crippen LogP) is 11.3. The van der Waals surface area contributed by atoms with Crippen LogP contribution in [0.1, 0.15) is 42.5 Å². The van der Waals surface area contributed by atoms with E-state index in [1.54, 1.807) is 0 Å². The minimum atomic E-state index is -2.15. The molecule has 19 heteroatoms. The highest BCUT2D eigenvalue weighted by molar-refractivity contribution is 6.94. The monoisotopic (exact) mass is 842 g/mol. The van der Waals surface area contributed by atoms with Crippen molar-refractivity contribution >= 4 is 85.1 Å². The summed E-state index contributed by atoms with van der Waals surface area (Å²) in [6, 6.07) is 3.77. The van der Waals surface area contributed by atoms with E-state index in [0.29, 0.717) is 0 Å². The molecule has 2 rings (SSSR count). The van der Waals surface area contributed by atoms with Gasteiger partial charge in [-0.2, -0.15) is 0 Å². The molecule has 2 saturated heterocycles. The Labute approximate surface area is 305 Å². The summed E-state index contributed by atoms with van der Waals surface area (Å²) in [7, 11) is -19.6. The molecule has 47 heavy (non-hydrogen) atoms. The lowest BCUT2D eigenvalue weighted by molar-refractivity contribution is 0.229. The number of rotatable bonds is 6. The number of hydrogen-bond donors (Lipinski definition) is 0. The molecule has 0 saturated carbocycles. The van der Waals surface area contributed by atoms with Crippen molar-refractivity contribution in [2.24, 2.45) is 0 Å². The molecular weight excluding hydrogens is 761 g/mol. The van der Waals surface area contributed by atoms with Crippen molar-refractivity contribution in [1.29, 1.82) is 0 Å². The van der Waals surface area contributed by atoms with E-state index in [1.807, 2.05) is 0 Å². The van der Waals surface area contributed by atoms with Gasteiger partial charge in [-0.1, -0.05) is 42.5 Å². The maximum atomic E-state index is 6.46. The van der Waals surface area contributed by atoms with Crippen molar-refractivity contribution in [3.8, 4) is 0 Å². The van der Waals surface area contributed by atoms with Crippen molar-refractivity contribution in [2.75, 3.05) is 0 Å². The van der Waals surface area contributed by atoms with Gasteiger partial charge in [-0.25, -0.2) is 0 Å². The first-order valence-electron chi connectivity index (χ1n) is 16.9. The van der Waals surface area contributed by atoms with Crippen LogP contribution in [0.2, 0.25) is 142 Å². The zero-order valence-electron chi connectivity index (χ0n) is 33.5. The van der Waals surface area contributed by atoms with E-state index in [-0.39, 0.29) is 14.9 Å². The zero-order chi connectivity index (χ0) is 36.2. The fourth-order valence-corrected chi connectivity index (χ4v) is 55.5. The molecule has 2 heterocycles. The summed E-state index contributed by atoms with van der Waals surface area (Å²) in [6.45, 7) is 47.4. The lowest BCUT2D eigenvalue weighted by Gasteiger charge is -2.48. The molecule has 0 aromatic heterocycles. The standard InChI is InChI=1S/2C10H28O4Si4.C6H18OSi2.2CH4/c1-9-17(7)11-15(3,4)13-18(8,10-2)14-16(5,6)12-17;1-9-17(7)12-15(3,4)11-16(5,6)13-18(8,10-2)14-17;1-8(2,3)7-9(4,5)6;;/h2*9-10H2,1-8H3;1-6H3;2*1H4. The molecule has 2 fully saturated rings. The van der Waals surface area contributed by atoms with E-state index in [4.69, 9.17) is 37.0 Å². The van der Waals surface area contributed by atoms with E-state index in [9.17, 15) is 0 Å². The van der Waals surface area contributed by atoms with Crippen molar-refractivity contribution in [3.05, 3.63) is 0 Å². The Morgan fingerprint density at radius 1 is 0.340 bits per heavy atom. The topological polar surface area (TPSA) is 83.1 Å². The maximum absolute atomic E-state index is 6.46. The molecule has 0 amide bonds. The average Bonchev–Trinajstić information content (AvgIpc) is 2.72. The van der Waals surface area contributed by atoms with Crippen molar-refractivity contribution in [3.63, 3.8) is 0 Å². The SMILES string of the molecule is C.C.CC[Si]1(C)O[Si](C)(C)O[Si](C)(C)O[Si](C)(CC)O1.CC[Si]1(C)O[Si](C)(C)O[Si](C)(CC)O[Si](C)(C)O1.C[Si](C)(C)O[Si](C)(C)C. The molecule has 0 radical (unpaired) electrons. The van der Waals surface area contributed by atoms with Gasteiger partial charge in [0.15, 0.2) is 16.6 Å². The van der Waals surface area contributed by atoms with Gasteiger partial charge < -0.3 is 37.0 Å². The molecule has 2 unspecified atom stereocenters. The Morgan fingerprint density at radius 3 is 0.660 bits per heavy atom. The van der Waals surface area contributed by atoms with Crippen LogP contribution in [-0.2, 0) is 37.0 Å². The second-order valence-electron chi connectivity index (χ2n) is 16.7. The molecule has 0 N–H and O–H groups in total. The van der Waals surface area contributed by atoms with E-state index in [0.717, 1.165) is 24.2 Å². The van der Waals surface area contributed by atoms with Gasteiger partial charge in [0.25, 0.3) is 0 Å². The third kappa shape index (κ3) is 21.8. The highest BCUT2D eigenvalue weighted by Crippen LogP contribution is 2.35. The van der Waals surface area contributed by atoms with Crippen LogP contribution in [0.4, 0.5) is 0 Å². The van der Waals surface area contributed by atoms with Gasteiger partial charge in [-0.3, -0.25) is 0 Å². The summed E-state index contributed by atoms with van der Waals surface area (Å²) < 4.78 is 56.9. The molecular formula is C28H82O9Si10. The molecule has 2 aliphatic heterocycles. The van der Waals surface area contributed by atoms with Gasteiger partial charge in [-0.05, 0) is 142 Å².